The van der Waals surface area contributed by atoms with Crippen LogP contribution in [-0.4, -0.2) is 29.7 Å². The average molecular weight is 316 g/mol. The summed E-state index contributed by atoms with van der Waals surface area (Å²) in [5, 5.41) is 10.1. The second-order valence-corrected chi connectivity index (χ2v) is 5.32. The van der Waals surface area contributed by atoms with Gasteiger partial charge in [0.2, 0.25) is 0 Å². The van der Waals surface area contributed by atoms with Crippen molar-refractivity contribution in [3.63, 3.8) is 0 Å². The van der Waals surface area contributed by atoms with Crippen molar-refractivity contribution in [1.29, 1.82) is 0 Å². The fourth-order valence-electron chi connectivity index (χ4n) is 2.42. The van der Waals surface area contributed by atoms with Crippen LogP contribution in [0, 0.1) is 0 Å². The highest BCUT2D eigenvalue weighted by Gasteiger charge is 2.25. The molecular formula is C17H20N2O4. The Hall–Kier alpha value is -2.63. The van der Waals surface area contributed by atoms with Gasteiger partial charge < -0.3 is 15.6 Å². The lowest BCUT2D eigenvalue weighted by molar-refractivity contribution is -0.140. The Morgan fingerprint density at radius 2 is 1.96 bits per heavy atom. The number of hydrogen-bond donors (Lipinski definition) is 2. The van der Waals surface area contributed by atoms with Gasteiger partial charge in [-0.3, -0.25) is 14.6 Å². The molecule has 0 amide bonds. The zero-order valence-electron chi connectivity index (χ0n) is 13.0. The van der Waals surface area contributed by atoms with Crippen LogP contribution in [0.1, 0.15) is 32.1 Å². The Morgan fingerprint density at radius 3 is 2.57 bits per heavy atom. The quantitative estimate of drug-likeness (QED) is 0.494. The number of ether oxygens (including phenoxy) is 1. The topological polar surface area (TPSA) is 102 Å². The van der Waals surface area contributed by atoms with E-state index in [2.05, 4.69) is 9.73 Å². The maximum Gasteiger partial charge on any atom is 0.305 e. The number of benzene rings is 1. The fraction of sp³-hybridized carbons (Fsp3) is 0.353. The number of Topliss-reactive ketones (excluding diaryl/α,β-unsaturated/α-hetero) is 1. The molecule has 0 radical (unpaired) electrons. The van der Waals surface area contributed by atoms with E-state index in [9.17, 15) is 14.7 Å². The number of nitrogen functional groups attached to an aromatic ring is 1. The second-order valence-electron chi connectivity index (χ2n) is 5.32. The van der Waals surface area contributed by atoms with Gasteiger partial charge >= 0.3 is 5.97 Å². The molecule has 0 saturated heterocycles. The number of anilines is 1. The minimum absolute atomic E-state index is 0.0420. The molecule has 0 aromatic heterocycles. The largest absolute Gasteiger partial charge is 0.511 e. The van der Waals surface area contributed by atoms with Crippen molar-refractivity contribution in [3.05, 3.63) is 35.6 Å². The Labute approximate surface area is 134 Å². The first-order valence-electron chi connectivity index (χ1n) is 7.47. The average Bonchev–Trinajstić information content (AvgIpc) is 2.53. The SMILES string of the molecule is COC(=O)CCC(=Nc1ccc(N)cc1)C1=C(O)CCCC1=O. The number of allylic oxidation sites excluding steroid dienone is 2. The van der Waals surface area contributed by atoms with Gasteiger partial charge in [-0.25, -0.2) is 0 Å². The predicted octanol–water partition coefficient (Wildman–Crippen LogP) is 2.86. The van der Waals surface area contributed by atoms with E-state index >= 15 is 0 Å². The first-order valence-corrected chi connectivity index (χ1v) is 7.47. The molecule has 1 aliphatic rings. The molecule has 1 aromatic carbocycles. The Morgan fingerprint density at radius 1 is 1.26 bits per heavy atom. The number of nitrogens with two attached hydrogens (primary N) is 1. The Kier molecular flexibility index (Phi) is 5.51. The highest BCUT2D eigenvalue weighted by Crippen LogP contribution is 2.25. The van der Waals surface area contributed by atoms with E-state index in [1.165, 1.54) is 7.11 Å². The van der Waals surface area contributed by atoms with Gasteiger partial charge in [0.25, 0.3) is 0 Å². The van der Waals surface area contributed by atoms with E-state index in [4.69, 9.17) is 5.73 Å². The number of aliphatic hydroxyl groups excluding tert-OH is 1. The van der Waals surface area contributed by atoms with Crippen molar-refractivity contribution in [2.24, 2.45) is 4.99 Å². The van der Waals surface area contributed by atoms with Crippen LogP contribution < -0.4 is 5.73 Å². The predicted molar refractivity (Wildman–Crippen MR) is 87.7 cm³/mol. The third-order valence-corrected chi connectivity index (χ3v) is 3.62. The lowest BCUT2D eigenvalue weighted by Crippen LogP contribution is -2.20. The molecule has 0 bridgehead atoms. The Balaban J connectivity index is 2.36. The zero-order chi connectivity index (χ0) is 16.8. The maximum atomic E-state index is 12.2. The summed E-state index contributed by atoms with van der Waals surface area (Å²) in [7, 11) is 1.31. The molecule has 2 rings (SSSR count). The minimum Gasteiger partial charge on any atom is -0.511 e. The first kappa shape index (κ1) is 16.7. The van der Waals surface area contributed by atoms with Crippen molar-refractivity contribution >= 4 is 28.8 Å². The van der Waals surface area contributed by atoms with Crippen LogP contribution in [0.15, 0.2) is 40.6 Å². The van der Waals surface area contributed by atoms with E-state index in [0.29, 0.717) is 36.3 Å². The number of nitrogens with zero attached hydrogens (tertiary/aromatic N) is 1. The van der Waals surface area contributed by atoms with Crippen LogP contribution >= 0.6 is 0 Å². The monoisotopic (exact) mass is 316 g/mol. The van der Waals surface area contributed by atoms with Gasteiger partial charge in [0.15, 0.2) is 5.78 Å². The van der Waals surface area contributed by atoms with Crippen molar-refractivity contribution in [2.75, 3.05) is 12.8 Å². The highest BCUT2D eigenvalue weighted by molar-refractivity contribution is 6.23. The summed E-state index contributed by atoms with van der Waals surface area (Å²) in [5.41, 5.74) is 7.50. The summed E-state index contributed by atoms with van der Waals surface area (Å²) in [6.45, 7) is 0. The standard InChI is InChI=1S/C17H20N2O4/c1-23-16(22)10-9-13(17-14(20)3-2-4-15(17)21)19-12-7-5-11(18)6-8-12/h5-8,20H,2-4,9-10,18H2,1H3. The van der Waals surface area contributed by atoms with Gasteiger partial charge in [-0.15, -0.1) is 0 Å². The van der Waals surface area contributed by atoms with Gasteiger partial charge in [-0.1, -0.05) is 0 Å². The van der Waals surface area contributed by atoms with E-state index in [-0.39, 0.29) is 30.0 Å². The van der Waals surface area contributed by atoms with E-state index in [1.54, 1.807) is 24.3 Å². The summed E-state index contributed by atoms with van der Waals surface area (Å²) < 4.78 is 4.63. The van der Waals surface area contributed by atoms with Gasteiger partial charge in [0.05, 0.1) is 30.5 Å². The van der Waals surface area contributed by atoms with Crippen LogP contribution in [-0.2, 0) is 14.3 Å². The summed E-state index contributed by atoms with van der Waals surface area (Å²) in [4.78, 5) is 28.0. The van der Waals surface area contributed by atoms with Crippen LogP contribution in [0.25, 0.3) is 0 Å². The van der Waals surface area contributed by atoms with Crippen molar-refractivity contribution in [1.82, 2.24) is 0 Å². The number of carbonyl (C=O) groups is 2. The van der Waals surface area contributed by atoms with Crippen LogP contribution in [0.3, 0.4) is 0 Å². The Bertz CT molecular complexity index is 660. The van der Waals surface area contributed by atoms with E-state index in [0.717, 1.165) is 0 Å². The van der Waals surface area contributed by atoms with E-state index in [1.807, 2.05) is 0 Å². The number of carbonyl (C=O) groups excluding carboxylic acids is 2. The molecule has 0 unspecified atom stereocenters. The molecule has 0 saturated carbocycles. The van der Waals surface area contributed by atoms with Crippen LogP contribution in [0.2, 0.25) is 0 Å². The molecular weight excluding hydrogens is 296 g/mol. The highest BCUT2D eigenvalue weighted by atomic mass is 16.5. The molecule has 3 N–H and O–H groups in total. The van der Waals surface area contributed by atoms with Gasteiger partial charge in [0, 0.05) is 24.9 Å². The smallest absolute Gasteiger partial charge is 0.305 e. The van der Waals surface area contributed by atoms with Crippen LogP contribution in [0.5, 0.6) is 0 Å². The molecule has 0 fully saturated rings. The number of ketones is 1. The number of hydrogen-bond acceptors (Lipinski definition) is 6. The second kappa shape index (κ2) is 7.58. The normalized spacial score (nSPS) is 15.7. The number of aliphatic imine (C=N–C) groups is 1. The van der Waals surface area contributed by atoms with E-state index < -0.39 is 5.97 Å². The molecule has 6 nitrogen and oxygen atoms in total. The molecule has 1 aromatic rings. The number of methoxy groups -OCH3 is 1. The third kappa shape index (κ3) is 4.42. The summed E-state index contributed by atoms with van der Waals surface area (Å²) in [6.07, 6.45) is 1.76. The van der Waals surface area contributed by atoms with Crippen molar-refractivity contribution < 1.29 is 19.4 Å². The zero-order valence-corrected chi connectivity index (χ0v) is 13.0. The number of esters is 1. The fourth-order valence-corrected chi connectivity index (χ4v) is 2.42. The third-order valence-electron chi connectivity index (χ3n) is 3.62. The molecule has 0 spiro atoms. The minimum atomic E-state index is -0.390. The number of rotatable bonds is 5. The first-order chi connectivity index (χ1) is 11.0. The maximum absolute atomic E-state index is 12.2. The van der Waals surface area contributed by atoms with Crippen molar-refractivity contribution in [3.8, 4) is 0 Å². The van der Waals surface area contributed by atoms with Gasteiger partial charge in [0.1, 0.15) is 5.76 Å². The van der Waals surface area contributed by atoms with Gasteiger partial charge in [-0.05, 0) is 30.7 Å². The molecule has 122 valence electrons. The molecule has 0 heterocycles. The van der Waals surface area contributed by atoms with Gasteiger partial charge in [-0.2, -0.15) is 0 Å². The van der Waals surface area contributed by atoms with Crippen molar-refractivity contribution in [2.45, 2.75) is 32.1 Å². The molecule has 0 aliphatic heterocycles. The summed E-state index contributed by atoms with van der Waals surface area (Å²) in [5.74, 6) is -0.494. The summed E-state index contributed by atoms with van der Waals surface area (Å²) in [6, 6.07) is 6.85. The lowest BCUT2D eigenvalue weighted by atomic mass is 9.91. The van der Waals surface area contributed by atoms with Crippen LogP contribution in [0.4, 0.5) is 11.4 Å². The molecule has 23 heavy (non-hydrogen) atoms. The molecule has 0 atom stereocenters. The molecule has 6 heteroatoms. The summed E-state index contributed by atoms with van der Waals surface area (Å²) >= 11 is 0. The number of aliphatic hydroxyl groups is 1. The molecule has 1 aliphatic carbocycles. The lowest BCUT2D eigenvalue weighted by Gasteiger charge is -2.17.